The standard InChI is InChI=1S/C9H17N3O2/c1-8(2,5-7(13)14)11-12-9(3,4)6-10/h11-12H,5H2,1-4H3,(H,13,14). The number of nitriles is 1. The van der Waals surface area contributed by atoms with Crippen LogP contribution in [0.2, 0.25) is 0 Å². The molecule has 0 aromatic carbocycles. The van der Waals surface area contributed by atoms with Crippen molar-refractivity contribution in [3.8, 4) is 6.07 Å². The molecule has 0 heterocycles. The number of aliphatic carboxylic acids is 1. The van der Waals surface area contributed by atoms with Gasteiger partial charge in [0.2, 0.25) is 0 Å². The second-order valence-electron chi connectivity index (χ2n) is 4.44. The van der Waals surface area contributed by atoms with E-state index >= 15 is 0 Å². The quantitative estimate of drug-likeness (QED) is 0.566. The highest BCUT2D eigenvalue weighted by atomic mass is 16.4. The minimum absolute atomic E-state index is 0.0124. The molecule has 0 radical (unpaired) electrons. The lowest BCUT2D eigenvalue weighted by molar-refractivity contribution is -0.138. The monoisotopic (exact) mass is 199 g/mol. The molecule has 5 heteroatoms. The normalized spacial score (nSPS) is 12.2. The molecule has 0 aliphatic heterocycles. The first-order chi connectivity index (χ1) is 6.18. The van der Waals surface area contributed by atoms with Gasteiger partial charge >= 0.3 is 5.97 Å². The number of hydrazine groups is 1. The fourth-order valence-corrected chi connectivity index (χ4v) is 0.776. The van der Waals surface area contributed by atoms with Crippen molar-refractivity contribution < 1.29 is 9.90 Å². The molecule has 0 saturated heterocycles. The molecular weight excluding hydrogens is 182 g/mol. The maximum absolute atomic E-state index is 10.5. The maximum Gasteiger partial charge on any atom is 0.305 e. The molecule has 80 valence electrons. The van der Waals surface area contributed by atoms with Gasteiger partial charge in [0.25, 0.3) is 0 Å². The molecule has 5 nitrogen and oxygen atoms in total. The highest BCUT2D eigenvalue weighted by Gasteiger charge is 2.24. The fraction of sp³-hybridized carbons (Fsp3) is 0.778. The van der Waals surface area contributed by atoms with E-state index in [-0.39, 0.29) is 6.42 Å². The van der Waals surface area contributed by atoms with Gasteiger partial charge in [-0.25, -0.2) is 5.43 Å². The first-order valence-electron chi connectivity index (χ1n) is 4.36. The van der Waals surface area contributed by atoms with Crippen molar-refractivity contribution in [1.29, 1.82) is 5.26 Å². The molecular formula is C9H17N3O2. The van der Waals surface area contributed by atoms with Crippen LogP contribution in [0.25, 0.3) is 0 Å². The van der Waals surface area contributed by atoms with Crippen LogP contribution in [0, 0.1) is 11.3 Å². The van der Waals surface area contributed by atoms with Gasteiger partial charge in [0.15, 0.2) is 0 Å². The summed E-state index contributed by atoms with van der Waals surface area (Å²) >= 11 is 0. The van der Waals surface area contributed by atoms with E-state index in [0.717, 1.165) is 0 Å². The summed E-state index contributed by atoms with van der Waals surface area (Å²) in [7, 11) is 0. The van der Waals surface area contributed by atoms with Crippen LogP contribution in [0.3, 0.4) is 0 Å². The topological polar surface area (TPSA) is 85.2 Å². The SMILES string of the molecule is CC(C)(C#N)NNC(C)(C)CC(=O)O. The molecule has 0 aliphatic rings. The Balaban J connectivity index is 4.13. The first-order valence-corrected chi connectivity index (χ1v) is 4.36. The Bertz CT molecular complexity index is 253. The molecule has 0 amide bonds. The molecule has 0 aliphatic carbocycles. The van der Waals surface area contributed by atoms with Crippen LogP contribution < -0.4 is 10.9 Å². The average molecular weight is 199 g/mol. The number of carboxylic acid groups (broad SMARTS) is 1. The molecule has 0 atom stereocenters. The van der Waals surface area contributed by atoms with Crippen molar-refractivity contribution >= 4 is 5.97 Å². The third-order valence-corrected chi connectivity index (χ3v) is 1.59. The number of nitrogens with one attached hydrogen (secondary N) is 2. The zero-order valence-corrected chi connectivity index (χ0v) is 9.01. The largest absolute Gasteiger partial charge is 0.481 e. The zero-order valence-electron chi connectivity index (χ0n) is 9.01. The Kier molecular flexibility index (Phi) is 4.05. The summed E-state index contributed by atoms with van der Waals surface area (Å²) in [5.41, 5.74) is 4.31. The molecule has 14 heavy (non-hydrogen) atoms. The van der Waals surface area contributed by atoms with Crippen LogP contribution in [-0.4, -0.2) is 22.2 Å². The third kappa shape index (κ3) is 5.51. The first kappa shape index (κ1) is 12.9. The summed E-state index contributed by atoms with van der Waals surface area (Å²) in [6, 6.07) is 2.05. The van der Waals surface area contributed by atoms with Crippen LogP contribution in [0.4, 0.5) is 0 Å². The van der Waals surface area contributed by atoms with Gasteiger partial charge in [-0.15, -0.1) is 0 Å². The van der Waals surface area contributed by atoms with E-state index in [9.17, 15) is 4.79 Å². The van der Waals surface area contributed by atoms with Gasteiger partial charge in [0.1, 0.15) is 5.54 Å². The average Bonchev–Trinajstić information content (AvgIpc) is 1.99. The Labute approximate surface area is 84.1 Å². The molecule has 0 unspecified atom stereocenters. The molecule has 0 aromatic heterocycles. The summed E-state index contributed by atoms with van der Waals surface area (Å²) in [5, 5.41) is 17.3. The van der Waals surface area contributed by atoms with Crippen molar-refractivity contribution in [3.05, 3.63) is 0 Å². The van der Waals surface area contributed by atoms with E-state index in [1.54, 1.807) is 27.7 Å². The van der Waals surface area contributed by atoms with Gasteiger partial charge in [-0.2, -0.15) is 5.26 Å². The van der Waals surface area contributed by atoms with Gasteiger partial charge in [-0.1, -0.05) is 0 Å². The molecule has 0 rings (SSSR count). The molecule has 0 spiro atoms. The Morgan fingerprint density at radius 2 is 1.86 bits per heavy atom. The minimum atomic E-state index is -0.876. The van der Waals surface area contributed by atoms with Crippen molar-refractivity contribution in [2.75, 3.05) is 0 Å². The number of carboxylic acids is 1. The lowest BCUT2D eigenvalue weighted by atomic mass is 10.0. The molecule has 0 aromatic rings. The summed E-state index contributed by atoms with van der Waals surface area (Å²) < 4.78 is 0. The van der Waals surface area contributed by atoms with E-state index in [1.807, 2.05) is 6.07 Å². The number of nitrogens with zero attached hydrogens (tertiary/aromatic N) is 1. The minimum Gasteiger partial charge on any atom is -0.481 e. The summed E-state index contributed by atoms with van der Waals surface area (Å²) in [6.07, 6.45) is -0.0124. The predicted octanol–water partition coefficient (Wildman–Crippen LogP) is 0.636. The van der Waals surface area contributed by atoms with E-state index in [1.165, 1.54) is 0 Å². The highest BCUT2D eigenvalue weighted by Crippen LogP contribution is 2.08. The molecule has 3 N–H and O–H groups in total. The van der Waals surface area contributed by atoms with Crippen molar-refractivity contribution in [3.63, 3.8) is 0 Å². The summed E-state index contributed by atoms with van der Waals surface area (Å²) in [5.74, 6) is -0.876. The third-order valence-electron chi connectivity index (χ3n) is 1.59. The summed E-state index contributed by atoms with van der Waals surface area (Å²) in [4.78, 5) is 10.5. The van der Waals surface area contributed by atoms with Crippen LogP contribution in [0.5, 0.6) is 0 Å². The van der Waals surface area contributed by atoms with Crippen LogP contribution in [0.1, 0.15) is 34.1 Å². The fourth-order valence-electron chi connectivity index (χ4n) is 0.776. The van der Waals surface area contributed by atoms with Crippen molar-refractivity contribution in [2.45, 2.75) is 45.2 Å². The number of carbonyl (C=O) groups is 1. The van der Waals surface area contributed by atoms with E-state index in [4.69, 9.17) is 10.4 Å². The second kappa shape index (κ2) is 4.40. The van der Waals surface area contributed by atoms with Crippen molar-refractivity contribution in [2.24, 2.45) is 0 Å². The number of hydrogen-bond acceptors (Lipinski definition) is 4. The Hall–Kier alpha value is -1.12. The smallest absolute Gasteiger partial charge is 0.305 e. The Morgan fingerprint density at radius 3 is 2.21 bits per heavy atom. The molecule has 0 saturated carbocycles. The number of rotatable bonds is 5. The second-order valence-corrected chi connectivity index (χ2v) is 4.44. The lowest BCUT2D eigenvalue weighted by Gasteiger charge is -2.29. The van der Waals surface area contributed by atoms with E-state index in [2.05, 4.69) is 10.9 Å². The van der Waals surface area contributed by atoms with Gasteiger partial charge in [-0.3, -0.25) is 10.2 Å². The van der Waals surface area contributed by atoms with Gasteiger partial charge in [0, 0.05) is 5.54 Å². The van der Waals surface area contributed by atoms with Crippen LogP contribution in [-0.2, 0) is 4.79 Å². The lowest BCUT2D eigenvalue weighted by Crippen LogP contribution is -2.56. The van der Waals surface area contributed by atoms with Crippen molar-refractivity contribution in [1.82, 2.24) is 10.9 Å². The zero-order chi connectivity index (χ0) is 11.4. The van der Waals surface area contributed by atoms with E-state index < -0.39 is 17.0 Å². The Morgan fingerprint density at radius 1 is 1.36 bits per heavy atom. The molecule has 0 bridgehead atoms. The van der Waals surface area contributed by atoms with Gasteiger partial charge in [-0.05, 0) is 27.7 Å². The van der Waals surface area contributed by atoms with Gasteiger partial charge < -0.3 is 5.11 Å². The maximum atomic E-state index is 10.5. The van der Waals surface area contributed by atoms with Gasteiger partial charge in [0.05, 0.1) is 12.5 Å². The van der Waals surface area contributed by atoms with Crippen LogP contribution >= 0.6 is 0 Å². The summed E-state index contributed by atoms with van der Waals surface area (Å²) in [6.45, 7) is 6.91. The van der Waals surface area contributed by atoms with E-state index in [0.29, 0.717) is 0 Å². The molecule has 0 fully saturated rings. The predicted molar refractivity (Wildman–Crippen MR) is 52.3 cm³/mol. The number of hydrogen-bond donors (Lipinski definition) is 3. The van der Waals surface area contributed by atoms with Crippen LogP contribution in [0.15, 0.2) is 0 Å². The highest BCUT2D eigenvalue weighted by molar-refractivity contribution is 5.68.